The first-order valence-electron chi connectivity index (χ1n) is 6.26. The van der Waals surface area contributed by atoms with Gasteiger partial charge in [-0.3, -0.25) is 0 Å². The Hall–Kier alpha value is -0.660. The highest BCUT2D eigenvalue weighted by molar-refractivity contribution is 5.13. The summed E-state index contributed by atoms with van der Waals surface area (Å²) >= 11 is 0. The van der Waals surface area contributed by atoms with E-state index in [0.29, 0.717) is 17.5 Å². The third-order valence-electron chi connectivity index (χ3n) is 4.70. The minimum Gasteiger partial charge on any atom is -0.190 e. The van der Waals surface area contributed by atoms with Gasteiger partial charge in [-0.2, -0.15) is 10.2 Å². The van der Waals surface area contributed by atoms with Gasteiger partial charge in [0.25, 0.3) is 0 Å². The van der Waals surface area contributed by atoms with Crippen molar-refractivity contribution < 1.29 is 0 Å². The smallest absolute Gasteiger partial charge is 0.0812 e. The molecule has 0 amide bonds. The van der Waals surface area contributed by atoms with Crippen LogP contribution < -0.4 is 0 Å². The number of hydrogen-bond acceptors (Lipinski definition) is 2. The standard InChI is InChI=1S/C13H20N2/c1-13(2)11-9-7-5-3-4-6-8-10(9)12(13)15-14-11/h3-4,9-12H,5-8H2,1-2H3/b4-3-/t9-,10+,11+,12-. The van der Waals surface area contributed by atoms with E-state index in [4.69, 9.17) is 0 Å². The van der Waals surface area contributed by atoms with Gasteiger partial charge < -0.3 is 0 Å². The molecule has 0 saturated heterocycles. The Morgan fingerprint density at radius 2 is 1.40 bits per heavy atom. The van der Waals surface area contributed by atoms with Crippen LogP contribution in [0.15, 0.2) is 22.4 Å². The highest BCUT2D eigenvalue weighted by atomic mass is 15.2. The second-order valence-corrected chi connectivity index (χ2v) is 5.90. The third kappa shape index (κ3) is 1.23. The molecule has 0 unspecified atom stereocenters. The minimum atomic E-state index is 0.333. The zero-order chi connectivity index (χ0) is 10.5. The van der Waals surface area contributed by atoms with Crippen LogP contribution in [0.3, 0.4) is 0 Å². The third-order valence-corrected chi connectivity index (χ3v) is 4.70. The summed E-state index contributed by atoms with van der Waals surface area (Å²) in [4.78, 5) is 0. The van der Waals surface area contributed by atoms with Gasteiger partial charge in [0, 0.05) is 5.41 Å². The molecule has 0 spiro atoms. The van der Waals surface area contributed by atoms with Crippen molar-refractivity contribution in [2.24, 2.45) is 27.5 Å². The number of hydrogen-bond donors (Lipinski definition) is 0. The van der Waals surface area contributed by atoms with E-state index < -0.39 is 0 Å². The lowest BCUT2D eigenvalue weighted by molar-refractivity contribution is 0.275. The fourth-order valence-electron chi connectivity index (χ4n) is 3.92. The molecule has 82 valence electrons. The van der Waals surface area contributed by atoms with E-state index in [1.165, 1.54) is 25.7 Å². The van der Waals surface area contributed by atoms with Gasteiger partial charge in [-0.1, -0.05) is 26.0 Å². The Morgan fingerprint density at radius 3 is 1.87 bits per heavy atom. The van der Waals surface area contributed by atoms with Crippen molar-refractivity contribution in [2.45, 2.75) is 51.6 Å². The molecule has 4 atom stereocenters. The van der Waals surface area contributed by atoms with Crippen molar-refractivity contribution in [3.63, 3.8) is 0 Å². The van der Waals surface area contributed by atoms with Crippen molar-refractivity contribution in [1.82, 2.24) is 0 Å². The maximum absolute atomic E-state index is 4.51. The SMILES string of the molecule is CC1(C)[C@@H]2N=N[C@H]1[C@@H]1CC/C=C\CC[C@@H]12. The molecule has 2 nitrogen and oxygen atoms in total. The van der Waals surface area contributed by atoms with Gasteiger partial charge in [0.1, 0.15) is 0 Å². The molecule has 1 heterocycles. The van der Waals surface area contributed by atoms with Gasteiger partial charge in [-0.05, 0) is 37.5 Å². The number of nitrogens with zero attached hydrogens (tertiary/aromatic N) is 2. The average molecular weight is 204 g/mol. The first kappa shape index (κ1) is 9.56. The average Bonchev–Trinajstić information content (AvgIpc) is 2.52. The van der Waals surface area contributed by atoms with Crippen LogP contribution >= 0.6 is 0 Å². The summed E-state index contributed by atoms with van der Waals surface area (Å²) in [5, 5.41) is 9.03. The molecule has 1 aliphatic heterocycles. The van der Waals surface area contributed by atoms with Crippen LogP contribution in [0, 0.1) is 17.3 Å². The van der Waals surface area contributed by atoms with Crippen LogP contribution in [0.25, 0.3) is 0 Å². The molecule has 0 aromatic rings. The molecule has 2 bridgehead atoms. The number of rotatable bonds is 0. The maximum Gasteiger partial charge on any atom is 0.0812 e. The summed E-state index contributed by atoms with van der Waals surface area (Å²) in [6.45, 7) is 4.72. The molecular weight excluding hydrogens is 184 g/mol. The molecule has 1 saturated carbocycles. The van der Waals surface area contributed by atoms with Crippen LogP contribution in [0.2, 0.25) is 0 Å². The molecule has 3 rings (SSSR count). The summed E-state index contributed by atoms with van der Waals surface area (Å²) in [6.07, 6.45) is 9.85. The monoisotopic (exact) mass is 204 g/mol. The molecule has 3 aliphatic rings. The zero-order valence-corrected chi connectivity index (χ0v) is 9.69. The molecule has 0 N–H and O–H groups in total. The second kappa shape index (κ2) is 3.16. The molecule has 0 aromatic carbocycles. The van der Waals surface area contributed by atoms with E-state index in [1.807, 2.05) is 0 Å². The first-order chi connectivity index (χ1) is 7.21. The van der Waals surface area contributed by atoms with Crippen LogP contribution in [-0.2, 0) is 0 Å². The predicted molar refractivity (Wildman–Crippen MR) is 60.8 cm³/mol. The number of allylic oxidation sites excluding steroid dienone is 2. The Balaban J connectivity index is 1.91. The molecule has 0 radical (unpaired) electrons. The van der Waals surface area contributed by atoms with Crippen LogP contribution in [0.4, 0.5) is 0 Å². The topological polar surface area (TPSA) is 24.7 Å². The van der Waals surface area contributed by atoms with Crippen LogP contribution in [-0.4, -0.2) is 12.1 Å². The van der Waals surface area contributed by atoms with E-state index >= 15 is 0 Å². The molecule has 2 heteroatoms. The van der Waals surface area contributed by atoms with Crippen LogP contribution in [0.5, 0.6) is 0 Å². The van der Waals surface area contributed by atoms with Crippen molar-refractivity contribution in [1.29, 1.82) is 0 Å². The Kier molecular flexibility index (Phi) is 2.02. The van der Waals surface area contributed by atoms with Gasteiger partial charge in [-0.15, -0.1) is 0 Å². The number of azo groups is 1. The minimum absolute atomic E-state index is 0.333. The molecule has 15 heavy (non-hydrogen) atoms. The summed E-state index contributed by atoms with van der Waals surface area (Å²) in [5.41, 5.74) is 0.333. The van der Waals surface area contributed by atoms with Gasteiger partial charge in [0.15, 0.2) is 0 Å². The lowest BCUT2D eigenvalue weighted by atomic mass is 9.83. The zero-order valence-electron chi connectivity index (χ0n) is 9.69. The largest absolute Gasteiger partial charge is 0.190 e. The van der Waals surface area contributed by atoms with E-state index in [-0.39, 0.29) is 0 Å². The maximum atomic E-state index is 4.51. The Bertz CT molecular complexity index is 288. The van der Waals surface area contributed by atoms with Crippen molar-refractivity contribution in [3.05, 3.63) is 12.2 Å². The summed E-state index contributed by atoms with van der Waals surface area (Å²) in [6, 6.07) is 1.03. The van der Waals surface area contributed by atoms with Crippen molar-refractivity contribution >= 4 is 0 Å². The summed E-state index contributed by atoms with van der Waals surface area (Å²) < 4.78 is 0. The highest BCUT2D eigenvalue weighted by Gasteiger charge is 2.58. The van der Waals surface area contributed by atoms with Gasteiger partial charge >= 0.3 is 0 Å². The molecule has 1 fully saturated rings. The highest BCUT2D eigenvalue weighted by Crippen LogP contribution is 2.56. The fraction of sp³-hybridized carbons (Fsp3) is 0.846. The van der Waals surface area contributed by atoms with Crippen molar-refractivity contribution in [3.8, 4) is 0 Å². The molecule has 0 aromatic heterocycles. The fourth-order valence-corrected chi connectivity index (χ4v) is 3.92. The van der Waals surface area contributed by atoms with E-state index in [0.717, 1.165) is 11.8 Å². The molecular formula is C13H20N2. The molecule has 2 aliphatic carbocycles. The van der Waals surface area contributed by atoms with Crippen molar-refractivity contribution in [2.75, 3.05) is 0 Å². The van der Waals surface area contributed by atoms with Gasteiger partial charge in [0.05, 0.1) is 12.1 Å². The lowest BCUT2D eigenvalue weighted by Crippen LogP contribution is -2.27. The van der Waals surface area contributed by atoms with Gasteiger partial charge in [-0.25, -0.2) is 0 Å². The van der Waals surface area contributed by atoms with Gasteiger partial charge in [0.2, 0.25) is 0 Å². The Morgan fingerprint density at radius 1 is 0.933 bits per heavy atom. The van der Waals surface area contributed by atoms with E-state index in [1.54, 1.807) is 0 Å². The predicted octanol–water partition coefficient (Wildman–Crippen LogP) is 3.59. The van der Waals surface area contributed by atoms with E-state index in [2.05, 4.69) is 36.2 Å². The quantitative estimate of drug-likeness (QED) is 0.539. The number of fused-ring (bicyclic) bond motifs is 5. The van der Waals surface area contributed by atoms with Crippen LogP contribution in [0.1, 0.15) is 39.5 Å². The lowest BCUT2D eigenvalue weighted by Gasteiger charge is -2.26. The summed E-state index contributed by atoms with van der Waals surface area (Å²) in [7, 11) is 0. The summed E-state index contributed by atoms with van der Waals surface area (Å²) in [5.74, 6) is 1.62. The normalized spacial score (nSPS) is 48.4. The van der Waals surface area contributed by atoms with E-state index in [9.17, 15) is 0 Å². The second-order valence-electron chi connectivity index (χ2n) is 5.90. The Labute approximate surface area is 91.9 Å². The first-order valence-corrected chi connectivity index (χ1v) is 6.26.